The van der Waals surface area contributed by atoms with E-state index in [4.69, 9.17) is 10.8 Å². The summed E-state index contributed by atoms with van der Waals surface area (Å²) in [6.45, 7) is 0. The summed E-state index contributed by atoms with van der Waals surface area (Å²) in [4.78, 5) is 10.7. The van der Waals surface area contributed by atoms with Gasteiger partial charge in [0, 0.05) is 4.47 Å². The molecule has 0 saturated heterocycles. The lowest BCUT2D eigenvalue weighted by Crippen LogP contribution is -2.05. The minimum Gasteiger partial charge on any atom is -0.476 e. The molecule has 0 unspecified atom stereocenters. The number of halogens is 1. The molecule has 0 bridgehead atoms. The van der Waals surface area contributed by atoms with E-state index < -0.39 is 5.97 Å². The molecule has 7 heteroatoms. The Morgan fingerprint density at radius 2 is 2.00 bits per heavy atom. The molecule has 0 aliphatic rings. The largest absolute Gasteiger partial charge is 0.476 e. The van der Waals surface area contributed by atoms with Crippen molar-refractivity contribution >= 4 is 27.7 Å². The Bertz CT molecular complexity index is 535. The summed E-state index contributed by atoms with van der Waals surface area (Å²) in [5, 5.41) is 15.9. The zero-order valence-corrected chi connectivity index (χ0v) is 9.55. The number of hydrogen-bond acceptors (Lipinski definition) is 4. The Hall–Kier alpha value is -1.89. The maximum absolute atomic E-state index is 10.7. The fourth-order valence-corrected chi connectivity index (χ4v) is 1.48. The number of aromatic nitrogens is 3. The Morgan fingerprint density at radius 3 is 2.50 bits per heavy atom. The first-order valence-corrected chi connectivity index (χ1v) is 5.09. The van der Waals surface area contributed by atoms with Gasteiger partial charge in [0.1, 0.15) is 0 Å². The highest BCUT2D eigenvalue weighted by molar-refractivity contribution is 9.10. The van der Waals surface area contributed by atoms with Crippen LogP contribution in [0.15, 0.2) is 28.7 Å². The van der Waals surface area contributed by atoms with Crippen LogP contribution in [0.2, 0.25) is 0 Å². The number of anilines is 1. The molecule has 6 nitrogen and oxygen atoms in total. The highest BCUT2D eigenvalue weighted by Crippen LogP contribution is 2.17. The van der Waals surface area contributed by atoms with Crippen LogP contribution in [0.25, 0.3) is 5.69 Å². The average Bonchev–Trinajstić information content (AvgIpc) is 2.61. The summed E-state index contributed by atoms with van der Waals surface area (Å²) in [5.74, 6) is -1.18. The molecule has 1 aromatic heterocycles. The zero-order valence-electron chi connectivity index (χ0n) is 7.96. The highest BCUT2D eigenvalue weighted by atomic mass is 79.9. The second kappa shape index (κ2) is 3.93. The third-order valence-electron chi connectivity index (χ3n) is 1.98. The second-order valence-corrected chi connectivity index (χ2v) is 3.93. The van der Waals surface area contributed by atoms with Crippen molar-refractivity contribution in [3.05, 3.63) is 34.4 Å². The van der Waals surface area contributed by atoms with Gasteiger partial charge in [0.25, 0.3) is 0 Å². The van der Waals surface area contributed by atoms with E-state index in [1.807, 2.05) is 0 Å². The van der Waals surface area contributed by atoms with E-state index >= 15 is 0 Å². The number of aromatic carboxylic acids is 1. The summed E-state index contributed by atoms with van der Waals surface area (Å²) in [6, 6.07) is 7.11. The fourth-order valence-electron chi connectivity index (χ4n) is 1.21. The van der Waals surface area contributed by atoms with Crippen molar-refractivity contribution in [1.29, 1.82) is 0 Å². The van der Waals surface area contributed by atoms with Gasteiger partial charge in [0.2, 0.25) is 5.69 Å². The number of rotatable bonds is 2. The topological polar surface area (TPSA) is 94.0 Å². The number of carbonyl (C=O) groups is 1. The predicted octanol–water partition coefficient (Wildman–Crippen LogP) is 1.31. The standard InChI is InChI=1S/C9H7BrN4O2/c10-5-1-3-6(4-2-5)14-8(11)7(9(15)16)12-13-14/h1-4H,11H2,(H,15,16). The molecule has 0 atom stereocenters. The van der Waals surface area contributed by atoms with Gasteiger partial charge in [-0.2, -0.15) is 4.68 Å². The Kier molecular flexibility index (Phi) is 2.61. The SMILES string of the molecule is Nc1c(C(=O)O)nnn1-c1ccc(Br)cc1. The number of nitrogens with zero attached hydrogens (tertiary/aromatic N) is 3. The molecular weight excluding hydrogens is 276 g/mol. The van der Waals surface area contributed by atoms with Crippen LogP contribution < -0.4 is 5.73 Å². The van der Waals surface area contributed by atoms with Crippen LogP contribution >= 0.6 is 15.9 Å². The van der Waals surface area contributed by atoms with E-state index in [9.17, 15) is 4.79 Å². The minimum atomic E-state index is -1.19. The zero-order chi connectivity index (χ0) is 11.7. The van der Waals surface area contributed by atoms with Crippen LogP contribution in [-0.2, 0) is 0 Å². The average molecular weight is 283 g/mol. The second-order valence-electron chi connectivity index (χ2n) is 3.02. The highest BCUT2D eigenvalue weighted by Gasteiger charge is 2.16. The molecule has 0 radical (unpaired) electrons. The van der Waals surface area contributed by atoms with Crippen LogP contribution in [-0.4, -0.2) is 26.1 Å². The molecule has 0 aliphatic carbocycles. The van der Waals surface area contributed by atoms with E-state index in [-0.39, 0.29) is 11.5 Å². The summed E-state index contributed by atoms with van der Waals surface area (Å²) >= 11 is 3.29. The van der Waals surface area contributed by atoms with Crippen molar-refractivity contribution in [3.8, 4) is 5.69 Å². The van der Waals surface area contributed by atoms with Gasteiger partial charge in [-0.05, 0) is 24.3 Å². The summed E-state index contributed by atoms with van der Waals surface area (Å²) in [6.07, 6.45) is 0. The molecule has 2 rings (SSSR count). The number of nitrogen functional groups attached to an aromatic ring is 1. The van der Waals surface area contributed by atoms with Crippen molar-refractivity contribution in [2.75, 3.05) is 5.73 Å². The predicted molar refractivity (Wildman–Crippen MR) is 60.4 cm³/mol. The van der Waals surface area contributed by atoms with Crippen LogP contribution in [0.3, 0.4) is 0 Å². The van der Waals surface area contributed by atoms with Crippen LogP contribution in [0.5, 0.6) is 0 Å². The molecule has 3 N–H and O–H groups in total. The van der Waals surface area contributed by atoms with E-state index in [1.165, 1.54) is 4.68 Å². The number of benzene rings is 1. The lowest BCUT2D eigenvalue weighted by Gasteiger charge is -2.02. The van der Waals surface area contributed by atoms with Gasteiger partial charge in [-0.1, -0.05) is 21.1 Å². The summed E-state index contributed by atoms with van der Waals surface area (Å²) < 4.78 is 2.18. The number of hydrogen-bond donors (Lipinski definition) is 2. The monoisotopic (exact) mass is 282 g/mol. The Balaban J connectivity index is 2.49. The molecule has 0 saturated carbocycles. The molecule has 1 heterocycles. The van der Waals surface area contributed by atoms with Gasteiger partial charge < -0.3 is 10.8 Å². The molecule has 82 valence electrons. The molecule has 0 aliphatic heterocycles. The van der Waals surface area contributed by atoms with Crippen molar-refractivity contribution in [2.45, 2.75) is 0 Å². The van der Waals surface area contributed by atoms with Crippen LogP contribution in [0, 0.1) is 0 Å². The maximum atomic E-state index is 10.7. The van der Waals surface area contributed by atoms with Crippen molar-refractivity contribution < 1.29 is 9.90 Å². The Labute approximate surface area is 98.8 Å². The third kappa shape index (κ3) is 1.76. The van der Waals surface area contributed by atoms with Crippen LogP contribution in [0.4, 0.5) is 5.82 Å². The number of carboxylic acids is 1. The van der Waals surface area contributed by atoms with E-state index in [0.29, 0.717) is 5.69 Å². The van der Waals surface area contributed by atoms with Gasteiger partial charge in [-0.3, -0.25) is 0 Å². The van der Waals surface area contributed by atoms with Crippen LogP contribution in [0.1, 0.15) is 10.5 Å². The number of carboxylic acid groups (broad SMARTS) is 1. The molecule has 2 aromatic rings. The van der Waals surface area contributed by atoms with Crippen molar-refractivity contribution in [1.82, 2.24) is 15.0 Å². The Morgan fingerprint density at radius 1 is 1.38 bits per heavy atom. The lowest BCUT2D eigenvalue weighted by atomic mass is 10.3. The molecule has 1 aromatic carbocycles. The van der Waals surface area contributed by atoms with Gasteiger partial charge in [0.15, 0.2) is 5.82 Å². The first-order chi connectivity index (χ1) is 7.59. The van der Waals surface area contributed by atoms with Gasteiger partial charge >= 0.3 is 5.97 Å². The molecule has 0 fully saturated rings. The first kappa shape index (κ1) is 10.6. The molecule has 16 heavy (non-hydrogen) atoms. The fraction of sp³-hybridized carbons (Fsp3) is 0. The number of nitrogens with two attached hydrogens (primary N) is 1. The third-order valence-corrected chi connectivity index (χ3v) is 2.51. The first-order valence-electron chi connectivity index (χ1n) is 4.30. The quantitative estimate of drug-likeness (QED) is 0.866. The van der Waals surface area contributed by atoms with E-state index in [0.717, 1.165) is 4.47 Å². The maximum Gasteiger partial charge on any atom is 0.360 e. The minimum absolute atomic E-state index is 0.00909. The normalized spacial score (nSPS) is 10.3. The van der Waals surface area contributed by atoms with E-state index in [2.05, 4.69) is 26.2 Å². The lowest BCUT2D eigenvalue weighted by molar-refractivity contribution is 0.0691. The molecular formula is C9H7BrN4O2. The van der Waals surface area contributed by atoms with Gasteiger partial charge in [-0.15, -0.1) is 5.10 Å². The smallest absolute Gasteiger partial charge is 0.360 e. The summed E-state index contributed by atoms with van der Waals surface area (Å²) in [7, 11) is 0. The van der Waals surface area contributed by atoms with E-state index in [1.54, 1.807) is 24.3 Å². The molecule has 0 amide bonds. The summed E-state index contributed by atoms with van der Waals surface area (Å²) in [5.41, 5.74) is 6.03. The van der Waals surface area contributed by atoms with Gasteiger partial charge in [0.05, 0.1) is 5.69 Å². The molecule has 0 spiro atoms. The van der Waals surface area contributed by atoms with Gasteiger partial charge in [-0.25, -0.2) is 4.79 Å². The van der Waals surface area contributed by atoms with Crippen molar-refractivity contribution in [3.63, 3.8) is 0 Å². The van der Waals surface area contributed by atoms with Crippen molar-refractivity contribution in [2.24, 2.45) is 0 Å².